The number of nitrogens with two attached hydrogens (primary N) is 1. The predicted octanol–water partition coefficient (Wildman–Crippen LogP) is 2.36. The van der Waals surface area contributed by atoms with Crippen molar-refractivity contribution in [3.05, 3.63) is 54.1 Å². The van der Waals surface area contributed by atoms with E-state index in [1.165, 1.54) is 5.56 Å². The lowest BCUT2D eigenvalue weighted by molar-refractivity contribution is 0.704. The number of hydrogen-bond donors (Lipinski definition) is 2. The lowest BCUT2D eigenvalue weighted by Gasteiger charge is -2.09. The summed E-state index contributed by atoms with van der Waals surface area (Å²) in [5, 5.41) is 3.07. The minimum absolute atomic E-state index is 0. The number of aromatic nitrogens is 2. The summed E-state index contributed by atoms with van der Waals surface area (Å²) in [4.78, 5) is 8.65. The molecular weight excluding hydrogens is 377 g/mol. The molecule has 0 spiro atoms. The molecule has 3 N–H and O–H groups in total. The Morgan fingerprint density at radius 1 is 1.33 bits per heavy atom. The SMILES string of the molecule is CC(C)NC(N)=NCc1nccn1Cc1ccccc1.I. The molecule has 1 aromatic heterocycles. The van der Waals surface area contributed by atoms with Crippen LogP contribution in [0.5, 0.6) is 0 Å². The zero-order chi connectivity index (χ0) is 14.4. The van der Waals surface area contributed by atoms with E-state index < -0.39 is 0 Å². The molecule has 0 fully saturated rings. The molecule has 0 aliphatic rings. The molecule has 0 bridgehead atoms. The summed E-state index contributed by atoms with van der Waals surface area (Å²) in [6, 6.07) is 10.6. The topological polar surface area (TPSA) is 68.2 Å². The van der Waals surface area contributed by atoms with Crippen molar-refractivity contribution in [3.8, 4) is 0 Å². The number of nitrogens with one attached hydrogen (secondary N) is 1. The average molecular weight is 399 g/mol. The van der Waals surface area contributed by atoms with Gasteiger partial charge < -0.3 is 15.6 Å². The van der Waals surface area contributed by atoms with Crippen molar-refractivity contribution in [1.29, 1.82) is 0 Å². The molecule has 1 heterocycles. The first-order valence-electron chi connectivity index (χ1n) is 6.75. The minimum Gasteiger partial charge on any atom is -0.370 e. The van der Waals surface area contributed by atoms with E-state index in [0.29, 0.717) is 12.5 Å². The van der Waals surface area contributed by atoms with Crippen molar-refractivity contribution in [1.82, 2.24) is 14.9 Å². The molecule has 6 heteroatoms. The second kappa shape index (κ2) is 8.66. The Labute approximate surface area is 142 Å². The van der Waals surface area contributed by atoms with Crippen LogP contribution in [0.1, 0.15) is 25.2 Å². The Kier molecular flexibility index (Phi) is 7.21. The number of aliphatic imine (C=N–C) groups is 1. The second-order valence-electron chi connectivity index (χ2n) is 4.96. The molecule has 114 valence electrons. The highest BCUT2D eigenvalue weighted by atomic mass is 127. The smallest absolute Gasteiger partial charge is 0.189 e. The number of nitrogens with zero attached hydrogens (tertiary/aromatic N) is 3. The number of rotatable bonds is 5. The third-order valence-corrected chi connectivity index (χ3v) is 2.82. The molecule has 2 rings (SSSR count). The summed E-state index contributed by atoms with van der Waals surface area (Å²) in [5.74, 6) is 1.36. The van der Waals surface area contributed by atoms with Gasteiger partial charge in [-0.15, -0.1) is 24.0 Å². The average Bonchev–Trinajstić information content (AvgIpc) is 2.84. The van der Waals surface area contributed by atoms with Gasteiger partial charge in [-0.05, 0) is 19.4 Å². The van der Waals surface area contributed by atoms with Crippen molar-refractivity contribution >= 4 is 29.9 Å². The van der Waals surface area contributed by atoms with Gasteiger partial charge >= 0.3 is 0 Å². The summed E-state index contributed by atoms with van der Waals surface area (Å²) < 4.78 is 2.08. The molecule has 0 atom stereocenters. The first kappa shape index (κ1) is 17.5. The van der Waals surface area contributed by atoms with Crippen LogP contribution in [-0.4, -0.2) is 21.6 Å². The van der Waals surface area contributed by atoms with Gasteiger partial charge in [0.1, 0.15) is 12.4 Å². The van der Waals surface area contributed by atoms with Crippen LogP contribution < -0.4 is 11.1 Å². The molecule has 0 aliphatic carbocycles. The molecule has 5 nitrogen and oxygen atoms in total. The van der Waals surface area contributed by atoms with E-state index in [1.54, 1.807) is 6.20 Å². The summed E-state index contributed by atoms with van der Waals surface area (Å²) in [6.07, 6.45) is 3.75. The van der Waals surface area contributed by atoms with E-state index in [9.17, 15) is 0 Å². The Hall–Kier alpha value is -1.57. The van der Waals surface area contributed by atoms with Crippen LogP contribution in [-0.2, 0) is 13.1 Å². The fraction of sp³-hybridized carbons (Fsp3) is 0.333. The second-order valence-corrected chi connectivity index (χ2v) is 4.96. The van der Waals surface area contributed by atoms with Crippen molar-refractivity contribution in [2.75, 3.05) is 0 Å². The van der Waals surface area contributed by atoms with E-state index in [4.69, 9.17) is 5.73 Å². The van der Waals surface area contributed by atoms with Gasteiger partial charge in [-0.2, -0.15) is 0 Å². The normalized spacial score (nSPS) is 11.3. The highest BCUT2D eigenvalue weighted by Gasteiger charge is 2.03. The Balaban J connectivity index is 0.00000220. The van der Waals surface area contributed by atoms with Gasteiger partial charge in [0, 0.05) is 25.0 Å². The maximum absolute atomic E-state index is 5.80. The standard InChI is InChI=1S/C15H21N5.HI/c1-12(2)19-15(16)18-10-14-17-8-9-20(14)11-13-6-4-3-5-7-13;/h3-9,12H,10-11H2,1-2H3,(H3,16,18,19);1H. The quantitative estimate of drug-likeness (QED) is 0.461. The van der Waals surface area contributed by atoms with Crippen LogP contribution in [0.3, 0.4) is 0 Å². The fourth-order valence-electron chi connectivity index (χ4n) is 1.91. The molecule has 2 aromatic rings. The number of guanidine groups is 1. The van der Waals surface area contributed by atoms with Crippen LogP contribution in [0.15, 0.2) is 47.7 Å². The largest absolute Gasteiger partial charge is 0.370 e. The molecule has 1 aromatic carbocycles. The molecule has 0 aliphatic heterocycles. The van der Waals surface area contributed by atoms with E-state index in [1.807, 2.05) is 38.2 Å². The van der Waals surface area contributed by atoms with Gasteiger partial charge in [0.15, 0.2) is 5.96 Å². The van der Waals surface area contributed by atoms with Crippen molar-refractivity contribution in [3.63, 3.8) is 0 Å². The molecule has 0 saturated heterocycles. The van der Waals surface area contributed by atoms with Crippen molar-refractivity contribution < 1.29 is 0 Å². The summed E-state index contributed by atoms with van der Waals surface area (Å²) >= 11 is 0. The number of hydrogen-bond acceptors (Lipinski definition) is 2. The summed E-state index contributed by atoms with van der Waals surface area (Å²) in [7, 11) is 0. The molecular formula is C15H22IN5. The van der Waals surface area contributed by atoms with E-state index in [2.05, 4.69) is 32.0 Å². The number of benzene rings is 1. The first-order chi connectivity index (χ1) is 9.65. The van der Waals surface area contributed by atoms with E-state index >= 15 is 0 Å². The predicted molar refractivity (Wildman–Crippen MR) is 96.8 cm³/mol. The van der Waals surface area contributed by atoms with Gasteiger partial charge in [0.05, 0.1) is 0 Å². The third-order valence-electron chi connectivity index (χ3n) is 2.82. The van der Waals surface area contributed by atoms with Crippen LogP contribution in [0.4, 0.5) is 0 Å². The van der Waals surface area contributed by atoms with Gasteiger partial charge in [-0.25, -0.2) is 9.98 Å². The molecule has 0 saturated carbocycles. The van der Waals surface area contributed by atoms with Crippen LogP contribution in [0, 0.1) is 0 Å². The van der Waals surface area contributed by atoms with Crippen LogP contribution in [0.25, 0.3) is 0 Å². The van der Waals surface area contributed by atoms with E-state index in [-0.39, 0.29) is 30.0 Å². The number of imidazole rings is 1. The maximum atomic E-state index is 5.80. The van der Waals surface area contributed by atoms with Gasteiger partial charge in [0.2, 0.25) is 0 Å². The Bertz CT molecular complexity index is 562. The lowest BCUT2D eigenvalue weighted by atomic mass is 10.2. The highest BCUT2D eigenvalue weighted by molar-refractivity contribution is 14.0. The van der Waals surface area contributed by atoms with Crippen LogP contribution in [0.2, 0.25) is 0 Å². The van der Waals surface area contributed by atoms with Gasteiger partial charge in [0.25, 0.3) is 0 Å². The van der Waals surface area contributed by atoms with Gasteiger partial charge in [-0.1, -0.05) is 30.3 Å². The zero-order valence-electron chi connectivity index (χ0n) is 12.4. The molecule has 0 radical (unpaired) electrons. The molecule has 21 heavy (non-hydrogen) atoms. The monoisotopic (exact) mass is 399 g/mol. The minimum atomic E-state index is 0. The third kappa shape index (κ3) is 5.74. The highest BCUT2D eigenvalue weighted by Crippen LogP contribution is 2.06. The van der Waals surface area contributed by atoms with Crippen molar-refractivity contribution in [2.24, 2.45) is 10.7 Å². The zero-order valence-corrected chi connectivity index (χ0v) is 14.7. The Morgan fingerprint density at radius 2 is 2.05 bits per heavy atom. The summed E-state index contributed by atoms with van der Waals surface area (Å²) in [5.41, 5.74) is 7.04. The van der Waals surface area contributed by atoms with Crippen molar-refractivity contribution in [2.45, 2.75) is 33.0 Å². The molecule has 0 unspecified atom stereocenters. The Morgan fingerprint density at radius 3 is 2.71 bits per heavy atom. The van der Waals surface area contributed by atoms with E-state index in [0.717, 1.165) is 12.4 Å². The fourth-order valence-corrected chi connectivity index (χ4v) is 1.91. The van der Waals surface area contributed by atoms with Crippen LogP contribution >= 0.6 is 24.0 Å². The molecule has 0 amide bonds. The van der Waals surface area contributed by atoms with Gasteiger partial charge in [-0.3, -0.25) is 0 Å². The first-order valence-corrected chi connectivity index (χ1v) is 6.75. The lowest BCUT2D eigenvalue weighted by Crippen LogP contribution is -2.36. The summed E-state index contributed by atoms with van der Waals surface area (Å²) in [6.45, 7) is 5.33. The number of halogens is 1. The maximum Gasteiger partial charge on any atom is 0.189 e.